The summed E-state index contributed by atoms with van der Waals surface area (Å²) in [6.45, 7) is 9.17. The van der Waals surface area contributed by atoms with Crippen LogP contribution in [0.3, 0.4) is 0 Å². The van der Waals surface area contributed by atoms with Gasteiger partial charge in [0.05, 0.1) is 19.3 Å². The van der Waals surface area contributed by atoms with Crippen LogP contribution in [0.2, 0.25) is 5.02 Å². The summed E-state index contributed by atoms with van der Waals surface area (Å²) in [5.41, 5.74) is 1.28. The predicted molar refractivity (Wildman–Crippen MR) is 114 cm³/mol. The Morgan fingerprint density at radius 2 is 1.96 bits per heavy atom. The second-order valence-corrected chi connectivity index (χ2v) is 8.16. The molecule has 1 saturated carbocycles. The van der Waals surface area contributed by atoms with E-state index in [1.807, 2.05) is 12.1 Å². The lowest BCUT2D eigenvalue weighted by Crippen LogP contribution is -2.52. The van der Waals surface area contributed by atoms with E-state index in [0.29, 0.717) is 13.2 Å². The Morgan fingerprint density at radius 1 is 1.25 bits per heavy atom. The SMILES string of the molecule is CCNC(=NCC(O)COCC1CC1)N1CCN(Cc2ccc(Cl)cc2)CC1. The summed E-state index contributed by atoms with van der Waals surface area (Å²) in [6, 6.07) is 8.07. The molecule has 6 nitrogen and oxygen atoms in total. The predicted octanol–water partition coefficient (Wildman–Crippen LogP) is 2.21. The average Bonchev–Trinajstić information content (AvgIpc) is 3.52. The number of nitrogens with zero attached hydrogens (tertiary/aromatic N) is 3. The topological polar surface area (TPSA) is 60.3 Å². The smallest absolute Gasteiger partial charge is 0.194 e. The zero-order valence-electron chi connectivity index (χ0n) is 16.8. The second-order valence-electron chi connectivity index (χ2n) is 7.72. The fourth-order valence-corrected chi connectivity index (χ4v) is 3.42. The number of piperazine rings is 1. The summed E-state index contributed by atoms with van der Waals surface area (Å²) in [7, 11) is 0. The number of hydrogen-bond acceptors (Lipinski definition) is 4. The van der Waals surface area contributed by atoms with Gasteiger partial charge in [0, 0.05) is 50.9 Å². The molecule has 156 valence electrons. The van der Waals surface area contributed by atoms with Gasteiger partial charge in [0.25, 0.3) is 0 Å². The van der Waals surface area contributed by atoms with E-state index in [1.54, 1.807) is 0 Å². The van der Waals surface area contributed by atoms with Gasteiger partial charge < -0.3 is 20.1 Å². The molecule has 0 bridgehead atoms. The van der Waals surface area contributed by atoms with E-state index in [1.165, 1.54) is 18.4 Å². The minimum atomic E-state index is -0.543. The van der Waals surface area contributed by atoms with E-state index in [-0.39, 0.29) is 0 Å². The lowest BCUT2D eigenvalue weighted by molar-refractivity contribution is 0.0367. The van der Waals surface area contributed by atoms with Crippen LogP contribution in [-0.4, -0.2) is 79.5 Å². The Morgan fingerprint density at radius 3 is 2.61 bits per heavy atom. The van der Waals surface area contributed by atoms with Gasteiger partial charge in [-0.1, -0.05) is 23.7 Å². The van der Waals surface area contributed by atoms with Crippen LogP contribution < -0.4 is 5.32 Å². The third kappa shape index (κ3) is 7.24. The van der Waals surface area contributed by atoms with Gasteiger partial charge in [-0.15, -0.1) is 0 Å². The van der Waals surface area contributed by atoms with E-state index >= 15 is 0 Å². The molecule has 0 radical (unpaired) electrons. The lowest BCUT2D eigenvalue weighted by atomic mass is 10.2. The summed E-state index contributed by atoms with van der Waals surface area (Å²) >= 11 is 5.97. The Labute approximate surface area is 173 Å². The summed E-state index contributed by atoms with van der Waals surface area (Å²) < 4.78 is 5.57. The van der Waals surface area contributed by atoms with Crippen molar-refractivity contribution in [3.63, 3.8) is 0 Å². The number of ether oxygens (including phenoxy) is 1. The van der Waals surface area contributed by atoms with Crippen molar-refractivity contribution in [3.05, 3.63) is 34.9 Å². The Kier molecular flexibility index (Phi) is 8.40. The quantitative estimate of drug-likeness (QED) is 0.484. The van der Waals surface area contributed by atoms with E-state index in [9.17, 15) is 5.11 Å². The highest BCUT2D eigenvalue weighted by atomic mass is 35.5. The van der Waals surface area contributed by atoms with Gasteiger partial charge >= 0.3 is 0 Å². The van der Waals surface area contributed by atoms with E-state index < -0.39 is 6.10 Å². The van der Waals surface area contributed by atoms with Crippen LogP contribution in [0.4, 0.5) is 0 Å². The Balaban J connectivity index is 1.42. The molecule has 1 atom stereocenters. The largest absolute Gasteiger partial charge is 0.389 e. The fraction of sp³-hybridized carbons (Fsp3) is 0.667. The van der Waals surface area contributed by atoms with Crippen LogP contribution in [0.25, 0.3) is 0 Å². The molecule has 7 heteroatoms. The number of aliphatic imine (C=N–C) groups is 1. The molecule has 0 aromatic heterocycles. The van der Waals surface area contributed by atoms with Gasteiger partial charge in [-0.2, -0.15) is 0 Å². The third-order valence-electron chi connectivity index (χ3n) is 5.14. The second kappa shape index (κ2) is 11.0. The highest BCUT2D eigenvalue weighted by molar-refractivity contribution is 6.30. The van der Waals surface area contributed by atoms with Crippen molar-refractivity contribution in [2.75, 3.05) is 52.5 Å². The molecule has 1 unspecified atom stereocenters. The maximum absolute atomic E-state index is 10.1. The molecular formula is C21H33ClN4O2. The van der Waals surface area contributed by atoms with Gasteiger partial charge in [0.1, 0.15) is 0 Å². The first-order valence-corrected chi connectivity index (χ1v) is 10.8. The summed E-state index contributed by atoms with van der Waals surface area (Å²) in [4.78, 5) is 9.36. The third-order valence-corrected chi connectivity index (χ3v) is 5.39. The number of nitrogens with one attached hydrogen (secondary N) is 1. The standard InChI is InChI=1S/C21H33ClN4O2/c1-2-23-21(24-13-20(27)16-28-15-18-3-4-18)26-11-9-25(10-12-26)14-17-5-7-19(22)8-6-17/h5-8,18,20,27H,2-4,9-16H2,1H3,(H,23,24). The van der Waals surface area contributed by atoms with Crippen molar-refractivity contribution in [1.82, 2.24) is 15.1 Å². The zero-order chi connectivity index (χ0) is 19.8. The molecule has 2 aliphatic rings. The van der Waals surface area contributed by atoms with Gasteiger partial charge in [0.2, 0.25) is 0 Å². The maximum atomic E-state index is 10.1. The summed E-state index contributed by atoms with van der Waals surface area (Å²) in [5, 5.41) is 14.3. The molecule has 1 aromatic rings. The monoisotopic (exact) mass is 408 g/mol. The maximum Gasteiger partial charge on any atom is 0.194 e. The number of rotatable bonds is 9. The Hall–Kier alpha value is -1.34. The van der Waals surface area contributed by atoms with Gasteiger partial charge in [-0.3, -0.25) is 9.89 Å². The van der Waals surface area contributed by atoms with Gasteiger partial charge in [0.15, 0.2) is 5.96 Å². The first-order chi connectivity index (χ1) is 13.6. The number of aliphatic hydroxyl groups excluding tert-OH is 1. The minimum absolute atomic E-state index is 0.369. The molecular weight excluding hydrogens is 376 g/mol. The molecule has 1 saturated heterocycles. The fourth-order valence-electron chi connectivity index (χ4n) is 3.29. The highest BCUT2D eigenvalue weighted by Gasteiger charge is 2.22. The van der Waals surface area contributed by atoms with Crippen LogP contribution in [0.15, 0.2) is 29.3 Å². The number of hydrogen-bond donors (Lipinski definition) is 2. The van der Waals surface area contributed by atoms with Crippen LogP contribution in [0, 0.1) is 5.92 Å². The first-order valence-electron chi connectivity index (χ1n) is 10.4. The van der Waals surface area contributed by atoms with Crippen molar-refractivity contribution in [1.29, 1.82) is 0 Å². The molecule has 0 amide bonds. The number of aliphatic hydroxyl groups is 1. The van der Waals surface area contributed by atoms with Crippen molar-refractivity contribution >= 4 is 17.6 Å². The highest BCUT2D eigenvalue weighted by Crippen LogP contribution is 2.28. The summed E-state index contributed by atoms with van der Waals surface area (Å²) in [6.07, 6.45) is 1.99. The van der Waals surface area contributed by atoms with Gasteiger partial charge in [-0.25, -0.2) is 0 Å². The van der Waals surface area contributed by atoms with Crippen molar-refractivity contribution < 1.29 is 9.84 Å². The first kappa shape index (κ1) is 21.4. The molecule has 1 aromatic carbocycles. The molecule has 2 fully saturated rings. The van der Waals surface area contributed by atoms with Crippen molar-refractivity contribution in [3.8, 4) is 0 Å². The van der Waals surface area contributed by atoms with Crippen molar-refractivity contribution in [2.24, 2.45) is 10.9 Å². The molecule has 1 aliphatic heterocycles. The average molecular weight is 409 g/mol. The lowest BCUT2D eigenvalue weighted by Gasteiger charge is -2.36. The van der Waals surface area contributed by atoms with Crippen molar-refractivity contribution in [2.45, 2.75) is 32.4 Å². The van der Waals surface area contributed by atoms with E-state index in [0.717, 1.165) is 62.8 Å². The van der Waals surface area contributed by atoms with E-state index in [4.69, 9.17) is 16.3 Å². The van der Waals surface area contributed by atoms with Crippen LogP contribution in [-0.2, 0) is 11.3 Å². The number of benzene rings is 1. The summed E-state index contributed by atoms with van der Waals surface area (Å²) in [5.74, 6) is 1.60. The Bertz CT molecular complexity index is 613. The van der Waals surface area contributed by atoms with Crippen LogP contribution >= 0.6 is 11.6 Å². The molecule has 0 spiro atoms. The van der Waals surface area contributed by atoms with Crippen LogP contribution in [0.5, 0.6) is 0 Å². The van der Waals surface area contributed by atoms with Gasteiger partial charge in [-0.05, 0) is 43.4 Å². The zero-order valence-corrected chi connectivity index (χ0v) is 17.6. The van der Waals surface area contributed by atoms with E-state index in [2.05, 4.69) is 39.2 Å². The molecule has 1 heterocycles. The molecule has 2 N–H and O–H groups in total. The normalized spacial score (nSPS) is 19.7. The molecule has 28 heavy (non-hydrogen) atoms. The number of guanidine groups is 1. The molecule has 1 aliphatic carbocycles. The van der Waals surface area contributed by atoms with Crippen LogP contribution in [0.1, 0.15) is 25.3 Å². The molecule has 3 rings (SSSR count). The minimum Gasteiger partial charge on any atom is -0.389 e. The number of halogens is 1.